The van der Waals surface area contributed by atoms with Crippen LogP contribution in [0.1, 0.15) is 31.2 Å². The fraction of sp³-hybridized carbons (Fsp3) is 0.462. The molecule has 16 heavy (non-hydrogen) atoms. The molecule has 0 amide bonds. The molecule has 1 aromatic carbocycles. The van der Waals surface area contributed by atoms with Gasteiger partial charge in [0.2, 0.25) is 0 Å². The first kappa shape index (κ1) is 10.2. The largest absolute Gasteiger partial charge is 0.306 e. The molecule has 0 radical (unpaired) electrons. The Balaban J connectivity index is 2.04. The molecule has 2 heterocycles. The minimum Gasteiger partial charge on any atom is -0.306 e. The van der Waals surface area contributed by atoms with Crippen molar-refractivity contribution in [2.75, 3.05) is 6.54 Å². The molecule has 0 bridgehead atoms. The van der Waals surface area contributed by atoms with Gasteiger partial charge in [0.1, 0.15) is 5.01 Å². The normalized spacial score (nSPS) is 26.1. The van der Waals surface area contributed by atoms with Crippen molar-refractivity contribution in [1.82, 2.24) is 10.3 Å². The first-order chi connectivity index (χ1) is 7.78. The van der Waals surface area contributed by atoms with Crippen LogP contribution in [0.2, 0.25) is 0 Å². The molecular weight excluding hydrogens is 216 g/mol. The quantitative estimate of drug-likeness (QED) is 0.816. The molecule has 0 saturated carbocycles. The highest BCUT2D eigenvalue weighted by atomic mass is 32.1. The second-order valence-electron chi connectivity index (χ2n) is 4.70. The van der Waals surface area contributed by atoms with Crippen LogP contribution in [0.15, 0.2) is 24.3 Å². The van der Waals surface area contributed by atoms with Gasteiger partial charge in [0, 0.05) is 0 Å². The van der Waals surface area contributed by atoms with Crippen LogP contribution in [-0.4, -0.2) is 11.5 Å². The molecule has 0 aliphatic carbocycles. The summed E-state index contributed by atoms with van der Waals surface area (Å²) in [6.45, 7) is 3.40. The molecule has 1 atom stereocenters. The van der Waals surface area contributed by atoms with E-state index in [1.165, 1.54) is 29.0 Å². The summed E-state index contributed by atoms with van der Waals surface area (Å²) in [4.78, 5) is 4.76. The van der Waals surface area contributed by atoms with Crippen molar-refractivity contribution in [3.05, 3.63) is 29.3 Å². The molecular formula is C13H16N2S. The van der Waals surface area contributed by atoms with E-state index in [-0.39, 0.29) is 5.54 Å². The summed E-state index contributed by atoms with van der Waals surface area (Å²) in [6, 6.07) is 8.40. The highest BCUT2D eigenvalue weighted by molar-refractivity contribution is 7.18. The first-order valence-electron chi connectivity index (χ1n) is 5.89. The monoisotopic (exact) mass is 232 g/mol. The average Bonchev–Trinajstić information content (AvgIpc) is 2.74. The predicted octanol–water partition coefficient (Wildman–Crippen LogP) is 3.29. The van der Waals surface area contributed by atoms with Crippen LogP contribution in [0.5, 0.6) is 0 Å². The van der Waals surface area contributed by atoms with E-state index in [9.17, 15) is 0 Å². The van der Waals surface area contributed by atoms with Crippen LogP contribution < -0.4 is 5.32 Å². The predicted molar refractivity (Wildman–Crippen MR) is 68.8 cm³/mol. The number of hydrogen-bond acceptors (Lipinski definition) is 3. The second kappa shape index (κ2) is 3.82. The minimum atomic E-state index is 0.0991. The van der Waals surface area contributed by atoms with Crippen molar-refractivity contribution in [2.45, 2.75) is 31.7 Å². The Hall–Kier alpha value is -0.930. The Bertz CT molecular complexity index is 464. The molecule has 0 spiro atoms. The third-order valence-corrected chi connectivity index (χ3v) is 4.68. The van der Waals surface area contributed by atoms with Crippen LogP contribution in [0.3, 0.4) is 0 Å². The molecule has 3 rings (SSSR count). The number of aromatic nitrogens is 1. The topological polar surface area (TPSA) is 24.9 Å². The third kappa shape index (κ3) is 1.64. The van der Waals surface area contributed by atoms with Crippen LogP contribution in [0.25, 0.3) is 10.2 Å². The van der Waals surface area contributed by atoms with Gasteiger partial charge in [0.05, 0.1) is 15.8 Å². The lowest BCUT2D eigenvalue weighted by Gasteiger charge is -2.32. The molecule has 1 aromatic heterocycles. The Morgan fingerprint density at radius 2 is 2.19 bits per heavy atom. The van der Waals surface area contributed by atoms with E-state index in [1.807, 2.05) is 11.3 Å². The van der Waals surface area contributed by atoms with Gasteiger partial charge in [-0.1, -0.05) is 12.1 Å². The van der Waals surface area contributed by atoms with E-state index in [4.69, 9.17) is 4.98 Å². The fourth-order valence-corrected chi connectivity index (χ4v) is 3.46. The molecule has 2 nitrogen and oxygen atoms in total. The van der Waals surface area contributed by atoms with Gasteiger partial charge in [0.25, 0.3) is 0 Å². The smallest absolute Gasteiger partial charge is 0.114 e. The highest BCUT2D eigenvalue weighted by Crippen LogP contribution is 2.34. The zero-order valence-corrected chi connectivity index (χ0v) is 10.3. The number of thiazole rings is 1. The molecule has 1 unspecified atom stereocenters. The number of nitrogens with one attached hydrogen (secondary N) is 1. The second-order valence-corrected chi connectivity index (χ2v) is 5.73. The molecule has 1 fully saturated rings. The van der Waals surface area contributed by atoms with Gasteiger partial charge in [0.15, 0.2) is 0 Å². The first-order valence-corrected chi connectivity index (χ1v) is 6.71. The van der Waals surface area contributed by atoms with Crippen molar-refractivity contribution in [3.8, 4) is 0 Å². The Labute approximate surface area is 99.7 Å². The highest BCUT2D eigenvalue weighted by Gasteiger charge is 2.31. The molecule has 1 aliphatic rings. The number of benzene rings is 1. The maximum absolute atomic E-state index is 4.76. The summed E-state index contributed by atoms with van der Waals surface area (Å²) in [5, 5.41) is 4.86. The lowest BCUT2D eigenvalue weighted by Crippen LogP contribution is -2.43. The Kier molecular flexibility index (Phi) is 2.45. The number of fused-ring (bicyclic) bond motifs is 1. The SMILES string of the molecule is CC1(c2nc3ccccc3s2)CCCCN1. The summed E-state index contributed by atoms with van der Waals surface area (Å²) in [7, 11) is 0. The van der Waals surface area contributed by atoms with Crippen molar-refractivity contribution in [3.63, 3.8) is 0 Å². The van der Waals surface area contributed by atoms with E-state index in [1.54, 1.807) is 0 Å². The van der Waals surface area contributed by atoms with Crippen molar-refractivity contribution < 1.29 is 0 Å². The van der Waals surface area contributed by atoms with Gasteiger partial charge in [-0.05, 0) is 44.9 Å². The maximum Gasteiger partial charge on any atom is 0.114 e. The third-order valence-electron chi connectivity index (χ3n) is 3.38. The van der Waals surface area contributed by atoms with E-state index in [2.05, 4.69) is 36.5 Å². The van der Waals surface area contributed by atoms with Gasteiger partial charge in [-0.15, -0.1) is 11.3 Å². The molecule has 1 aliphatic heterocycles. The zero-order valence-electron chi connectivity index (χ0n) is 9.49. The van der Waals surface area contributed by atoms with Crippen molar-refractivity contribution >= 4 is 21.6 Å². The van der Waals surface area contributed by atoms with Crippen LogP contribution >= 0.6 is 11.3 Å². The minimum absolute atomic E-state index is 0.0991. The summed E-state index contributed by atoms with van der Waals surface area (Å²) in [5.74, 6) is 0. The number of nitrogens with zero attached hydrogens (tertiary/aromatic N) is 1. The van der Waals surface area contributed by atoms with Gasteiger partial charge in [-0.3, -0.25) is 0 Å². The molecule has 84 valence electrons. The van der Waals surface area contributed by atoms with E-state index >= 15 is 0 Å². The zero-order chi connectivity index (χ0) is 11.0. The van der Waals surface area contributed by atoms with Gasteiger partial charge in [-0.25, -0.2) is 4.98 Å². The average molecular weight is 232 g/mol. The Morgan fingerprint density at radius 3 is 2.94 bits per heavy atom. The summed E-state index contributed by atoms with van der Waals surface area (Å²) < 4.78 is 1.30. The summed E-state index contributed by atoms with van der Waals surface area (Å²) >= 11 is 1.83. The standard InChI is InChI=1S/C13H16N2S/c1-13(8-4-5-9-14-13)12-15-10-6-2-3-7-11(10)16-12/h2-3,6-7,14H,4-5,8-9H2,1H3. The van der Waals surface area contributed by atoms with Gasteiger partial charge >= 0.3 is 0 Å². The van der Waals surface area contributed by atoms with Gasteiger partial charge in [-0.2, -0.15) is 0 Å². The summed E-state index contributed by atoms with van der Waals surface area (Å²) in [6.07, 6.45) is 3.80. The van der Waals surface area contributed by atoms with E-state index in [0.717, 1.165) is 12.1 Å². The lowest BCUT2D eigenvalue weighted by atomic mass is 9.92. The Morgan fingerprint density at radius 1 is 1.31 bits per heavy atom. The number of piperidine rings is 1. The lowest BCUT2D eigenvalue weighted by molar-refractivity contribution is 0.283. The fourth-order valence-electron chi connectivity index (χ4n) is 2.35. The molecule has 1 saturated heterocycles. The number of para-hydroxylation sites is 1. The molecule has 2 aromatic rings. The van der Waals surface area contributed by atoms with Crippen molar-refractivity contribution in [2.24, 2.45) is 0 Å². The van der Waals surface area contributed by atoms with Crippen LogP contribution in [0, 0.1) is 0 Å². The van der Waals surface area contributed by atoms with Crippen LogP contribution in [0.4, 0.5) is 0 Å². The maximum atomic E-state index is 4.76. The molecule has 1 N–H and O–H groups in total. The van der Waals surface area contributed by atoms with Gasteiger partial charge < -0.3 is 5.32 Å². The number of hydrogen-bond donors (Lipinski definition) is 1. The van der Waals surface area contributed by atoms with Crippen molar-refractivity contribution in [1.29, 1.82) is 0 Å². The molecule has 3 heteroatoms. The van der Waals surface area contributed by atoms with Crippen LogP contribution in [-0.2, 0) is 5.54 Å². The number of rotatable bonds is 1. The summed E-state index contributed by atoms with van der Waals surface area (Å²) in [5.41, 5.74) is 1.23. The van der Waals surface area contributed by atoms with E-state index < -0.39 is 0 Å². The van der Waals surface area contributed by atoms with E-state index in [0.29, 0.717) is 0 Å².